The minimum absolute atomic E-state index is 0. The Kier molecular flexibility index (Phi) is 10.4. The zero-order valence-corrected chi connectivity index (χ0v) is 8.84. The summed E-state index contributed by atoms with van der Waals surface area (Å²) in [5.41, 5.74) is 0. The van der Waals surface area contributed by atoms with E-state index in [1.165, 1.54) is 0 Å². The molecule has 0 spiro atoms. The van der Waals surface area contributed by atoms with Gasteiger partial charge in [0.2, 0.25) is 0 Å². The summed E-state index contributed by atoms with van der Waals surface area (Å²) in [6, 6.07) is 0. The van der Waals surface area contributed by atoms with Crippen molar-refractivity contribution < 1.29 is 5.48 Å². The molecule has 0 radical (unpaired) electrons. The Balaban J connectivity index is 0. The Morgan fingerprint density at radius 3 is 1.82 bits per heavy atom. The summed E-state index contributed by atoms with van der Waals surface area (Å²) in [6.45, 7) is 6.37. The zero-order chi connectivity index (χ0) is 7.98. The average Bonchev–Trinajstić information content (AvgIpc) is 1.87. The Hall–Kier alpha value is 0.200. The second-order valence-corrected chi connectivity index (χ2v) is 3.38. The van der Waals surface area contributed by atoms with Crippen LogP contribution in [0.1, 0.15) is 26.7 Å². The lowest BCUT2D eigenvalue weighted by Crippen LogP contribution is -2.27. The summed E-state index contributed by atoms with van der Waals surface area (Å²) in [7, 11) is 0. The van der Waals surface area contributed by atoms with Gasteiger partial charge in [-0.2, -0.15) is 0 Å². The fraction of sp³-hybridized carbons (Fsp3) is 0.857. The lowest BCUT2D eigenvalue weighted by Gasteiger charge is -2.20. The van der Waals surface area contributed by atoms with Gasteiger partial charge in [0.25, 0.3) is 0 Å². The van der Waals surface area contributed by atoms with Crippen LogP contribution in [0.2, 0.25) is 0 Å². The molecule has 0 atom stereocenters. The Morgan fingerprint density at radius 2 is 1.64 bits per heavy atom. The van der Waals surface area contributed by atoms with Crippen molar-refractivity contribution >= 4 is 29.2 Å². The molecule has 0 fully saturated rings. The molecule has 0 aromatic rings. The van der Waals surface area contributed by atoms with E-state index >= 15 is 0 Å². The van der Waals surface area contributed by atoms with Gasteiger partial charge in [0, 0.05) is 13.1 Å². The molecule has 0 aromatic heterocycles. The van der Waals surface area contributed by atoms with Crippen LogP contribution in [0.4, 0.5) is 0 Å². The lowest BCUT2D eigenvalue weighted by atomic mass is 10.4. The first kappa shape index (κ1) is 13.8. The van der Waals surface area contributed by atoms with Crippen molar-refractivity contribution in [2.24, 2.45) is 0 Å². The largest absolute Gasteiger partial charge is 0.412 e. The first-order valence-electron chi connectivity index (χ1n) is 3.70. The van der Waals surface area contributed by atoms with Crippen LogP contribution in [0.5, 0.6) is 0 Å². The molecule has 0 bridgehead atoms. The highest BCUT2D eigenvalue weighted by molar-refractivity contribution is 8.10. The Labute approximate surface area is 79.7 Å². The van der Waals surface area contributed by atoms with Crippen LogP contribution in [-0.2, 0) is 0 Å². The monoisotopic (exact) mass is 195 g/mol. The Morgan fingerprint density at radius 1 is 1.27 bits per heavy atom. The predicted octanol–water partition coefficient (Wildman–Crippen LogP) is 1.50. The van der Waals surface area contributed by atoms with Crippen molar-refractivity contribution in [3.63, 3.8) is 0 Å². The van der Waals surface area contributed by atoms with E-state index < -0.39 is 0 Å². The maximum atomic E-state index is 4.94. The molecule has 0 heterocycles. The highest BCUT2D eigenvalue weighted by atomic mass is 32.1. The van der Waals surface area contributed by atoms with Gasteiger partial charge >= 0.3 is 0 Å². The summed E-state index contributed by atoms with van der Waals surface area (Å²) in [4.78, 5) is 2.12. The van der Waals surface area contributed by atoms with Crippen molar-refractivity contribution in [3.8, 4) is 0 Å². The van der Waals surface area contributed by atoms with E-state index in [1.54, 1.807) is 0 Å². The summed E-state index contributed by atoms with van der Waals surface area (Å²) in [6.07, 6.45) is 2.28. The van der Waals surface area contributed by atoms with Gasteiger partial charge in [-0.25, -0.2) is 0 Å². The molecule has 11 heavy (non-hydrogen) atoms. The molecule has 2 N–H and O–H groups in total. The first-order valence-corrected chi connectivity index (χ1v) is 4.55. The summed E-state index contributed by atoms with van der Waals surface area (Å²) in [5, 5.41) is 0. The van der Waals surface area contributed by atoms with Crippen LogP contribution < -0.4 is 0 Å². The second kappa shape index (κ2) is 8.30. The molecule has 0 amide bonds. The van der Waals surface area contributed by atoms with Crippen molar-refractivity contribution in [1.29, 1.82) is 0 Å². The van der Waals surface area contributed by atoms with E-state index in [9.17, 15) is 0 Å². The molecule has 0 aliphatic rings. The van der Waals surface area contributed by atoms with Crippen LogP contribution in [-0.4, -0.2) is 27.8 Å². The van der Waals surface area contributed by atoms with Gasteiger partial charge in [0.1, 0.15) is 4.32 Å². The van der Waals surface area contributed by atoms with Gasteiger partial charge in [-0.15, -0.1) is 12.6 Å². The number of thiol groups is 1. The fourth-order valence-corrected chi connectivity index (χ4v) is 1.23. The third-order valence-corrected chi connectivity index (χ3v) is 1.80. The summed E-state index contributed by atoms with van der Waals surface area (Å²) in [5.74, 6) is 0. The van der Waals surface area contributed by atoms with Gasteiger partial charge in [-0.1, -0.05) is 26.1 Å². The van der Waals surface area contributed by atoms with E-state index in [-0.39, 0.29) is 5.48 Å². The third kappa shape index (κ3) is 6.59. The Bertz CT molecular complexity index is 103. The minimum Gasteiger partial charge on any atom is -0.412 e. The van der Waals surface area contributed by atoms with E-state index in [0.717, 1.165) is 30.3 Å². The second-order valence-electron chi connectivity index (χ2n) is 2.27. The molecule has 0 aromatic carbocycles. The molecule has 2 nitrogen and oxygen atoms in total. The number of nitrogens with zero attached hydrogens (tertiary/aromatic N) is 1. The fourth-order valence-electron chi connectivity index (χ4n) is 0.843. The summed E-state index contributed by atoms with van der Waals surface area (Å²) < 4.78 is 0.726. The van der Waals surface area contributed by atoms with Crippen LogP contribution in [0.3, 0.4) is 0 Å². The van der Waals surface area contributed by atoms with E-state index in [4.69, 9.17) is 12.2 Å². The number of rotatable bonds is 4. The van der Waals surface area contributed by atoms with Gasteiger partial charge < -0.3 is 10.4 Å². The molecule has 68 valence electrons. The van der Waals surface area contributed by atoms with Crippen molar-refractivity contribution in [2.75, 3.05) is 13.1 Å². The lowest BCUT2D eigenvalue weighted by molar-refractivity contribution is 0.431. The minimum atomic E-state index is 0. The van der Waals surface area contributed by atoms with Crippen LogP contribution >= 0.6 is 24.8 Å². The molecule has 0 aliphatic heterocycles. The molecule has 0 saturated carbocycles. The van der Waals surface area contributed by atoms with Crippen molar-refractivity contribution in [2.45, 2.75) is 26.7 Å². The van der Waals surface area contributed by atoms with Crippen LogP contribution in [0.15, 0.2) is 0 Å². The van der Waals surface area contributed by atoms with Gasteiger partial charge in [0.05, 0.1) is 0 Å². The van der Waals surface area contributed by atoms with Crippen LogP contribution in [0.25, 0.3) is 0 Å². The molecule has 0 saturated heterocycles. The maximum absolute atomic E-state index is 4.94. The number of hydrogen-bond donors (Lipinski definition) is 1. The normalized spacial score (nSPS) is 8.64. The topological polar surface area (TPSA) is 34.7 Å². The maximum Gasteiger partial charge on any atom is 0.133 e. The quantitative estimate of drug-likeness (QED) is 0.545. The predicted molar refractivity (Wildman–Crippen MR) is 57.4 cm³/mol. The molecular weight excluding hydrogens is 178 g/mol. The average molecular weight is 195 g/mol. The molecule has 0 aliphatic carbocycles. The molecular formula is C7H17NOS2. The van der Waals surface area contributed by atoms with E-state index in [2.05, 4.69) is 31.4 Å². The van der Waals surface area contributed by atoms with Crippen LogP contribution in [0, 0.1) is 0 Å². The third-order valence-electron chi connectivity index (χ3n) is 1.26. The van der Waals surface area contributed by atoms with Gasteiger partial charge in [-0.3, -0.25) is 0 Å². The molecule has 4 heteroatoms. The van der Waals surface area contributed by atoms with Gasteiger partial charge in [-0.05, 0) is 12.8 Å². The number of hydrogen-bond acceptors (Lipinski definition) is 1. The van der Waals surface area contributed by atoms with Gasteiger partial charge in [0.15, 0.2) is 0 Å². The van der Waals surface area contributed by atoms with E-state index in [0.29, 0.717) is 0 Å². The van der Waals surface area contributed by atoms with Crippen molar-refractivity contribution in [3.05, 3.63) is 0 Å². The highest BCUT2D eigenvalue weighted by Crippen LogP contribution is 1.99. The molecule has 0 rings (SSSR count). The zero-order valence-electron chi connectivity index (χ0n) is 7.13. The highest BCUT2D eigenvalue weighted by Gasteiger charge is 2.01. The number of thiocarbonyl (C=S) groups is 1. The standard InChI is InChI=1S/C7H15NS2.H2O/c1-3-5-8(6-4-2)7(9)10;/h3-6H2,1-2H3,(H,9,10);1H2. The SMILES string of the molecule is CCCN(CCC)C(=S)S.O. The summed E-state index contributed by atoms with van der Waals surface area (Å²) >= 11 is 9.06. The van der Waals surface area contributed by atoms with E-state index in [1.807, 2.05) is 0 Å². The molecule has 0 unspecified atom stereocenters. The van der Waals surface area contributed by atoms with Crippen molar-refractivity contribution in [1.82, 2.24) is 4.90 Å². The smallest absolute Gasteiger partial charge is 0.133 e. The first-order chi connectivity index (χ1) is 4.72.